The van der Waals surface area contributed by atoms with Crippen LogP contribution in [0.1, 0.15) is 32.1 Å². The Kier molecular flexibility index (Phi) is 1.70. The molecule has 1 aliphatic heterocycles. The zero-order valence-corrected chi connectivity index (χ0v) is 8.07. The van der Waals surface area contributed by atoms with Gasteiger partial charge in [-0.05, 0) is 37.0 Å². The highest BCUT2D eigenvalue weighted by molar-refractivity contribution is 5.94. The summed E-state index contributed by atoms with van der Waals surface area (Å²) in [6.45, 7) is 0. The Balaban J connectivity index is 1.77. The molecule has 0 aromatic rings. The van der Waals surface area contributed by atoms with Crippen LogP contribution in [0.25, 0.3) is 0 Å². The molecule has 2 aliphatic carbocycles. The van der Waals surface area contributed by atoms with Gasteiger partial charge in [0.1, 0.15) is 0 Å². The van der Waals surface area contributed by atoms with Crippen LogP contribution in [0, 0.1) is 23.7 Å². The summed E-state index contributed by atoms with van der Waals surface area (Å²) in [7, 11) is 0. The number of esters is 2. The number of hydrogen-bond donors (Lipinski definition) is 0. The molecule has 1 heterocycles. The molecule has 3 fully saturated rings. The number of carbonyl (C=O) groups excluding carboxylic acids is 2. The van der Waals surface area contributed by atoms with Gasteiger partial charge in [0.2, 0.25) is 0 Å². The van der Waals surface area contributed by atoms with Crippen molar-refractivity contribution in [2.24, 2.45) is 23.7 Å². The van der Waals surface area contributed by atoms with Crippen LogP contribution in [0.15, 0.2) is 0 Å². The average molecular weight is 194 g/mol. The van der Waals surface area contributed by atoms with Gasteiger partial charge in [-0.2, -0.15) is 0 Å². The van der Waals surface area contributed by atoms with E-state index in [0.29, 0.717) is 18.3 Å². The van der Waals surface area contributed by atoms with Crippen LogP contribution >= 0.6 is 0 Å². The number of carbonyl (C=O) groups is 2. The summed E-state index contributed by atoms with van der Waals surface area (Å²) in [4.78, 5) is 22.4. The van der Waals surface area contributed by atoms with Crippen molar-refractivity contribution in [3.63, 3.8) is 0 Å². The SMILES string of the molecule is O=C1CC(C2CC3CCC2C3)C(=O)O1. The van der Waals surface area contributed by atoms with Gasteiger partial charge in [0.15, 0.2) is 0 Å². The van der Waals surface area contributed by atoms with Crippen molar-refractivity contribution in [3.8, 4) is 0 Å². The van der Waals surface area contributed by atoms with Gasteiger partial charge in [0.25, 0.3) is 0 Å². The van der Waals surface area contributed by atoms with Gasteiger partial charge in [-0.3, -0.25) is 9.59 Å². The van der Waals surface area contributed by atoms with E-state index in [-0.39, 0.29) is 17.9 Å². The lowest BCUT2D eigenvalue weighted by Crippen LogP contribution is -2.24. The quantitative estimate of drug-likeness (QED) is 0.469. The molecule has 76 valence electrons. The lowest BCUT2D eigenvalue weighted by Gasteiger charge is -2.24. The molecule has 0 spiro atoms. The minimum atomic E-state index is -0.317. The third-order valence-electron chi connectivity index (χ3n) is 4.21. The Bertz CT molecular complexity index is 297. The van der Waals surface area contributed by atoms with E-state index in [4.69, 9.17) is 0 Å². The standard InChI is InChI=1S/C11H14O3/c12-10-5-9(11(13)14-10)8-4-6-1-2-7(8)3-6/h6-9H,1-5H2. The second-order valence-corrected chi connectivity index (χ2v) is 4.94. The first-order valence-electron chi connectivity index (χ1n) is 5.48. The zero-order chi connectivity index (χ0) is 9.71. The highest BCUT2D eigenvalue weighted by Gasteiger charge is 2.49. The Morgan fingerprint density at radius 2 is 2.00 bits per heavy atom. The lowest BCUT2D eigenvalue weighted by atomic mass is 9.79. The number of cyclic esters (lactones) is 2. The fourth-order valence-electron chi connectivity index (χ4n) is 3.61. The minimum Gasteiger partial charge on any atom is -0.393 e. The van der Waals surface area contributed by atoms with E-state index in [1.54, 1.807) is 0 Å². The highest BCUT2D eigenvalue weighted by Crippen LogP contribution is 2.52. The summed E-state index contributed by atoms with van der Waals surface area (Å²) in [6, 6.07) is 0. The highest BCUT2D eigenvalue weighted by atomic mass is 16.6. The minimum absolute atomic E-state index is 0.0993. The molecule has 3 rings (SSSR count). The molecule has 3 nitrogen and oxygen atoms in total. The van der Waals surface area contributed by atoms with Gasteiger partial charge in [-0.25, -0.2) is 0 Å². The van der Waals surface area contributed by atoms with Crippen LogP contribution < -0.4 is 0 Å². The molecule has 2 bridgehead atoms. The van der Waals surface area contributed by atoms with Gasteiger partial charge in [-0.1, -0.05) is 6.42 Å². The van der Waals surface area contributed by atoms with Crippen molar-refractivity contribution in [2.75, 3.05) is 0 Å². The fourth-order valence-corrected chi connectivity index (χ4v) is 3.61. The maximum Gasteiger partial charge on any atom is 0.317 e. The van der Waals surface area contributed by atoms with Crippen LogP contribution in [-0.2, 0) is 14.3 Å². The number of fused-ring (bicyclic) bond motifs is 2. The molecule has 3 aliphatic rings. The normalized spacial score (nSPS) is 46.0. The van der Waals surface area contributed by atoms with Crippen molar-refractivity contribution in [3.05, 3.63) is 0 Å². The van der Waals surface area contributed by atoms with Gasteiger partial charge < -0.3 is 4.74 Å². The van der Waals surface area contributed by atoms with Gasteiger partial charge in [0.05, 0.1) is 12.3 Å². The average Bonchev–Trinajstić information content (AvgIpc) is 2.79. The van der Waals surface area contributed by atoms with E-state index in [9.17, 15) is 9.59 Å². The molecular formula is C11H14O3. The van der Waals surface area contributed by atoms with E-state index in [0.717, 1.165) is 12.3 Å². The van der Waals surface area contributed by atoms with Crippen LogP contribution in [0.5, 0.6) is 0 Å². The van der Waals surface area contributed by atoms with Crippen molar-refractivity contribution >= 4 is 11.9 Å². The molecule has 0 radical (unpaired) electrons. The van der Waals surface area contributed by atoms with E-state index < -0.39 is 0 Å². The molecule has 14 heavy (non-hydrogen) atoms. The molecule has 4 unspecified atom stereocenters. The molecule has 1 saturated heterocycles. The Morgan fingerprint density at radius 3 is 2.50 bits per heavy atom. The predicted octanol–water partition coefficient (Wildman–Crippen LogP) is 1.51. The molecule has 4 atom stereocenters. The molecular weight excluding hydrogens is 180 g/mol. The third-order valence-corrected chi connectivity index (χ3v) is 4.21. The maximum absolute atomic E-state index is 11.4. The number of rotatable bonds is 1. The van der Waals surface area contributed by atoms with Crippen molar-refractivity contribution in [1.82, 2.24) is 0 Å². The summed E-state index contributed by atoms with van der Waals surface area (Å²) < 4.78 is 4.62. The fraction of sp³-hybridized carbons (Fsp3) is 0.818. The van der Waals surface area contributed by atoms with E-state index >= 15 is 0 Å². The molecule has 0 N–H and O–H groups in total. The van der Waals surface area contributed by atoms with Crippen molar-refractivity contribution in [1.29, 1.82) is 0 Å². The molecule has 2 saturated carbocycles. The van der Waals surface area contributed by atoms with E-state index in [1.165, 1.54) is 19.3 Å². The van der Waals surface area contributed by atoms with Crippen LogP contribution in [0.4, 0.5) is 0 Å². The Labute approximate surface area is 82.8 Å². The lowest BCUT2D eigenvalue weighted by molar-refractivity contribution is -0.153. The number of hydrogen-bond acceptors (Lipinski definition) is 3. The van der Waals surface area contributed by atoms with Crippen LogP contribution in [0.2, 0.25) is 0 Å². The molecule has 0 aromatic carbocycles. The largest absolute Gasteiger partial charge is 0.393 e. The first-order valence-corrected chi connectivity index (χ1v) is 5.48. The maximum atomic E-state index is 11.4. The van der Waals surface area contributed by atoms with Crippen LogP contribution in [0.3, 0.4) is 0 Å². The smallest absolute Gasteiger partial charge is 0.317 e. The first-order chi connectivity index (χ1) is 6.74. The third kappa shape index (κ3) is 1.11. The van der Waals surface area contributed by atoms with E-state index in [1.807, 2.05) is 0 Å². The Morgan fingerprint density at radius 1 is 1.14 bits per heavy atom. The monoisotopic (exact) mass is 194 g/mol. The molecule has 0 aromatic heterocycles. The zero-order valence-electron chi connectivity index (χ0n) is 8.07. The Hall–Kier alpha value is -0.860. The van der Waals surface area contributed by atoms with Gasteiger partial charge in [0, 0.05) is 0 Å². The second-order valence-electron chi connectivity index (χ2n) is 4.94. The molecule has 0 amide bonds. The first kappa shape index (κ1) is 8.45. The summed E-state index contributed by atoms with van der Waals surface area (Å²) in [5, 5.41) is 0. The summed E-state index contributed by atoms with van der Waals surface area (Å²) >= 11 is 0. The topological polar surface area (TPSA) is 43.4 Å². The molecule has 3 heteroatoms. The van der Waals surface area contributed by atoms with Gasteiger partial charge >= 0.3 is 11.9 Å². The van der Waals surface area contributed by atoms with Crippen LogP contribution in [-0.4, -0.2) is 11.9 Å². The summed E-state index contributed by atoms with van der Waals surface area (Å²) in [5.41, 5.74) is 0. The summed E-state index contributed by atoms with van der Waals surface area (Å²) in [6.07, 6.45) is 5.36. The summed E-state index contributed by atoms with van der Waals surface area (Å²) in [5.74, 6) is 1.30. The predicted molar refractivity (Wildman–Crippen MR) is 48.1 cm³/mol. The number of ether oxygens (including phenoxy) is 1. The van der Waals surface area contributed by atoms with Gasteiger partial charge in [-0.15, -0.1) is 0 Å². The van der Waals surface area contributed by atoms with E-state index in [2.05, 4.69) is 4.74 Å². The van der Waals surface area contributed by atoms with Crippen molar-refractivity contribution in [2.45, 2.75) is 32.1 Å². The van der Waals surface area contributed by atoms with Crippen molar-refractivity contribution < 1.29 is 14.3 Å². The second kappa shape index (κ2) is 2.81.